The van der Waals surface area contributed by atoms with Crippen molar-refractivity contribution >= 4 is 29.4 Å². The van der Waals surface area contributed by atoms with E-state index in [1.807, 2.05) is 0 Å². The molecule has 0 aromatic heterocycles. The van der Waals surface area contributed by atoms with Crippen LogP contribution in [0.2, 0.25) is 0 Å². The van der Waals surface area contributed by atoms with Crippen molar-refractivity contribution in [3.05, 3.63) is 59.7 Å². The molecule has 0 unspecified atom stereocenters. The number of hydrogen-bond donors (Lipinski definition) is 1. The molecule has 2 N–H and O–H groups in total. The molecule has 3 aromatic rings. The standard InChI is InChI=1S/C16H14BN/c17-9-15-11-5-1-3-7-13(11)16(10-18)14-8-4-2-6-12(14)15/h1-8H,9-10,18H2. The average Bonchev–Trinajstić information content (AvgIpc) is 2.44. The molecule has 0 bridgehead atoms. The first-order chi connectivity index (χ1) is 8.86. The molecule has 3 aromatic carbocycles. The number of rotatable bonds is 2. The van der Waals surface area contributed by atoms with Crippen LogP contribution in [-0.2, 0) is 12.9 Å². The van der Waals surface area contributed by atoms with Gasteiger partial charge in [0.25, 0.3) is 0 Å². The summed E-state index contributed by atoms with van der Waals surface area (Å²) in [4.78, 5) is 0. The first-order valence-corrected chi connectivity index (χ1v) is 6.18. The second kappa shape index (κ2) is 4.47. The second-order valence-electron chi connectivity index (χ2n) is 4.46. The average molecular weight is 231 g/mol. The molecule has 0 atom stereocenters. The van der Waals surface area contributed by atoms with Crippen LogP contribution < -0.4 is 5.73 Å². The molecule has 2 radical (unpaired) electrons. The predicted octanol–water partition coefficient (Wildman–Crippen LogP) is 3.12. The van der Waals surface area contributed by atoms with Crippen molar-refractivity contribution in [1.29, 1.82) is 0 Å². The molecule has 2 heteroatoms. The molecule has 1 nitrogen and oxygen atoms in total. The van der Waals surface area contributed by atoms with Crippen molar-refractivity contribution in [1.82, 2.24) is 0 Å². The maximum Gasteiger partial charge on any atom is 0.0717 e. The largest absolute Gasteiger partial charge is 0.326 e. The van der Waals surface area contributed by atoms with E-state index in [2.05, 4.69) is 48.5 Å². The van der Waals surface area contributed by atoms with E-state index in [-0.39, 0.29) is 0 Å². The van der Waals surface area contributed by atoms with Crippen LogP contribution in [0.4, 0.5) is 0 Å². The van der Waals surface area contributed by atoms with Crippen molar-refractivity contribution in [2.45, 2.75) is 12.9 Å². The molecule has 0 fully saturated rings. The van der Waals surface area contributed by atoms with Crippen molar-refractivity contribution in [2.75, 3.05) is 0 Å². The highest BCUT2D eigenvalue weighted by atomic mass is 14.5. The Labute approximate surface area is 108 Å². The summed E-state index contributed by atoms with van der Waals surface area (Å²) in [5.41, 5.74) is 8.36. The van der Waals surface area contributed by atoms with E-state index in [1.165, 1.54) is 32.7 Å². The van der Waals surface area contributed by atoms with Crippen molar-refractivity contribution < 1.29 is 0 Å². The minimum atomic E-state index is 0.547. The predicted molar refractivity (Wildman–Crippen MR) is 78.8 cm³/mol. The maximum atomic E-state index is 5.94. The Morgan fingerprint density at radius 1 is 0.722 bits per heavy atom. The lowest BCUT2D eigenvalue weighted by molar-refractivity contribution is 1.10. The zero-order valence-corrected chi connectivity index (χ0v) is 10.2. The first kappa shape index (κ1) is 11.3. The zero-order chi connectivity index (χ0) is 12.5. The summed E-state index contributed by atoms with van der Waals surface area (Å²) in [6.07, 6.45) is 0.547. The number of benzene rings is 3. The molecule has 0 aliphatic rings. The summed E-state index contributed by atoms with van der Waals surface area (Å²) in [6.45, 7) is 0.547. The van der Waals surface area contributed by atoms with Crippen molar-refractivity contribution in [3.8, 4) is 0 Å². The number of hydrogen-bond acceptors (Lipinski definition) is 1. The Bertz CT molecular complexity index is 600. The molecule has 0 heterocycles. The topological polar surface area (TPSA) is 26.0 Å². The van der Waals surface area contributed by atoms with Crippen LogP contribution in [0.15, 0.2) is 48.5 Å². The van der Waals surface area contributed by atoms with Gasteiger partial charge in [-0.3, -0.25) is 0 Å². The normalized spacial score (nSPS) is 11.2. The molecule has 0 saturated carbocycles. The van der Waals surface area contributed by atoms with E-state index in [4.69, 9.17) is 13.6 Å². The Hall–Kier alpha value is -1.80. The quantitative estimate of drug-likeness (QED) is 0.532. The van der Waals surface area contributed by atoms with Crippen molar-refractivity contribution in [3.63, 3.8) is 0 Å². The molecular formula is C16H14BN. The van der Waals surface area contributed by atoms with Gasteiger partial charge in [0.1, 0.15) is 0 Å². The third-order valence-corrected chi connectivity index (χ3v) is 3.56. The molecule has 18 heavy (non-hydrogen) atoms. The maximum absolute atomic E-state index is 5.94. The van der Waals surface area contributed by atoms with Gasteiger partial charge in [-0.2, -0.15) is 0 Å². The molecular weight excluding hydrogens is 217 g/mol. The van der Waals surface area contributed by atoms with Gasteiger partial charge in [-0.25, -0.2) is 0 Å². The van der Waals surface area contributed by atoms with Crippen LogP contribution in [0.25, 0.3) is 21.5 Å². The van der Waals surface area contributed by atoms with Gasteiger partial charge in [0.2, 0.25) is 0 Å². The highest BCUT2D eigenvalue weighted by Gasteiger charge is 2.10. The third-order valence-electron chi connectivity index (χ3n) is 3.56. The fourth-order valence-electron chi connectivity index (χ4n) is 2.75. The molecule has 0 aliphatic heterocycles. The summed E-state index contributed by atoms with van der Waals surface area (Å²) in [7, 11) is 5.94. The van der Waals surface area contributed by atoms with E-state index >= 15 is 0 Å². The van der Waals surface area contributed by atoms with E-state index in [1.54, 1.807) is 0 Å². The minimum Gasteiger partial charge on any atom is -0.326 e. The summed E-state index contributed by atoms with van der Waals surface area (Å²) >= 11 is 0. The number of fused-ring (bicyclic) bond motifs is 2. The molecule has 0 saturated heterocycles. The van der Waals surface area contributed by atoms with Crippen LogP contribution in [-0.4, -0.2) is 7.85 Å². The summed E-state index contributed by atoms with van der Waals surface area (Å²) in [6, 6.07) is 16.7. The van der Waals surface area contributed by atoms with Gasteiger partial charge in [-0.05, 0) is 32.7 Å². The molecule has 0 spiro atoms. The monoisotopic (exact) mass is 231 g/mol. The van der Waals surface area contributed by atoms with Crippen molar-refractivity contribution in [2.24, 2.45) is 5.73 Å². The summed E-state index contributed by atoms with van der Waals surface area (Å²) in [5, 5.41) is 4.89. The van der Waals surface area contributed by atoms with Gasteiger partial charge in [0, 0.05) is 6.54 Å². The lowest BCUT2D eigenvalue weighted by atomic mass is 9.85. The third kappa shape index (κ3) is 1.53. The number of nitrogens with two attached hydrogens (primary N) is 1. The molecule has 0 amide bonds. The van der Waals surface area contributed by atoms with E-state index in [9.17, 15) is 0 Å². The fourth-order valence-corrected chi connectivity index (χ4v) is 2.75. The Kier molecular flexibility index (Phi) is 2.81. The van der Waals surface area contributed by atoms with E-state index < -0.39 is 0 Å². The molecule has 0 aliphatic carbocycles. The Morgan fingerprint density at radius 3 is 1.44 bits per heavy atom. The van der Waals surface area contributed by atoms with Crippen LogP contribution in [0.1, 0.15) is 11.1 Å². The Morgan fingerprint density at radius 2 is 1.11 bits per heavy atom. The van der Waals surface area contributed by atoms with Gasteiger partial charge < -0.3 is 5.73 Å². The Balaban J connectivity index is 2.61. The smallest absolute Gasteiger partial charge is 0.0717 e. The minimum absolute atomic E-state index is 0.547. The van der Waals surface area contributed by atoms with E-state index in [0.29, 0.717) is 12.9 Å². The van der Waals surface area contributed by atoms with Gasteiger partial charge in [0.15, 0.2) is 0 Å². The van der Waals surface area contributed by atoms with Gasteiger partial charge in [0.05, 0.1) is 7.85 Å². The summed E-state index contributed by atoms with van der Waals surface area (Å²) in [5.74, 6) is 0. The summed E-state index contributed by atoms with van der Waals surface area (Å²) < 4.78 is 0. The highest BCUT2D eigenvalue weighted by Crippen LogP contribution is 2.32. The van der Waals surface area contributed by atoms with Gasteiger partial charge in [-0.1, -0.05) is 54.9 Å². The van der Waals surface area contributed by atoms with Gasteiger partial charge >= 0.3 is 0 Å². The van der Waals surface area contributed by atoms with Gasteiger partial charge in [-0.15, -0.1) is 0 Å². The zero-order valence-electron chi connectivity index (χ0n) is 10.2. The van der Waals surface area contributed by atoms with Crippen LogP contribution in [0.3, 0.4) is 0 Å². The van der Waals surface area contributed by atoms with Crippen LogP contribution in [0, 0.1) is 0 Å². The first-order valence-electron chi connectivity index (χ1n) is 6.18. The van der Waals surface area contributed by atoms with E-state index in [0.717, 1.165) is 0 Å². The molecule has 86 valence electrons. The lowest BCUT2D eigenvalue weighted by Crippen LogP contribution is -2.01. The molecule has 3 rings (SSSR count). The van der Waals surface area contributed by atoms with Crippen LogP contribution in [0.5, 0.6) is 0 Å². The lowest BCUT2D eigenvalue weighted by Gasteiger charge is -2.14. The highest BCUT2D eigenvalue weighted by molar-refractivity contribution is 6.14. The van der Waals surface area contributed by atoms with Crippen LogP contribution >= 0.6 is 0 Å². The SMILES string of the molecule is [B]Cc1c2ccccc2c(CN)c2ccccc12. The fraction of sp³-hybridized carbons (Fsp3) is 0.125. The second-order valence-corrected chi connectivity index (χ2v) is 4.46.